The zero-order valence-electron chi connectivity index (χ0n) is 10.1. The molecule has 5 heteroatoms. The van der Waals surface area contributed by atoms with Gasteiger partial charge in [0.25, 0.3) is 0 Å². The van der Waals surface area contributed by atoms with Crippen LogP contribution in [0.25, 0.3) is 0 Å². The number of thiazole rings is 1. The van der Waals surface area contributed by atoms with Gasteiger partial charge in [0, 0.05) is 18.6 Å². The molecule has 1 fully saturated rings. The number of aliphatic hydroxyl groups is 1. The van der Waals surface area contributed by atoms with Crippen LogP contribution in [0.1, 0.15) is 38.5 Å². The van der Waals surface area contributed by atoms with Gasteiger partial charge in [0.05, 0.1) is 12.0 Å². The Balaban J connectivity index is 1.96. The predicted molar refractivity (Wildman–Crippen MR) is 68.2 cm³/mol. The lowest BCUT2D eigenvalue weighted by Crippen LogP contribution is -2.39. The molecule has 0 unspecified atom stereocenters. The molecule has 2 rings (SSSR count). The molecular weight excluding hydrogens is 236 g/mol. The SMILES string of the molecule is CN(C(=O)CC1(O)CCCCC1)c1nccs1. The summed E-state index contributed by atoms with van der Waals surface area (Å²) in [6, 6.07) is 0. The highest BCUT2D eigenvalue weighted by Crippen LogP contribution is 2.31. The van der Waals surface area contributed by atoms with Crippen LogP contribution < -0.4 is 4.90 Å². The minimum atomic E-state index is -0.791. The van der Waals surface area contributed by atoms with Crippen LogP contribution in [0.2, 0.25) is 0 Å². The summed E-state index contributed by atoms with van der Waals surface area (Å²) in [4.78, 5) is 17.7. The van der Waals surface area contributed by atoms with Gasteiger partial charge in [0.15, 0.2) is 5.13 Å². The van der Waals surface area contributed by atoms with Gasteiger partial charge in [-0.25, -0.2) is 4.98 Å². The molecule has 1 aromatic rings. The molecular formula is C12H18N2O2S. The van der Waals surface area contributed by atoms with Gasteiger partial charge in [-0.3, -0.25) is 9.69 Å². The average Bonchev–Trinajstić information content (AvgIpc) is 2.81. The Hall–Kier alpha value is -0.940. The first kappa shape index (κ1) is 12.5. The standard InChI is InChI=1S/C12H18N2O2S/c1-14(11-13-7-8-17-11)10(15)9-12(16)5-3-2-4-6-12/h7-8,16H,2-6,9H2,1H3. The van der Waals surface area contributed by atoms with Crippen LogP contribution in [0, 0.1) is 0 Å². The number of anilines is 1. The van der Waals surface area contributed by atoms with E-state index in [1.807, 2.05) is 5.38 Å². The highest BCUT2D eigenvalue weighted by atomic mass is 32.1. The minimum absolute atomic E-state index is 0.0515. The number of rotatable bonds is 3. The molecule has 0 radical (unpaired) electrons. The van der Waals surface area contributed by atoms with Crippen molar-refractivity contribution in [3.05, 3.63) is 11.6 Å². The number of carbonyl (C=O) groups excluding carboxylic acids is 1. The van der Waals surface area contributed by atoms with Gasteiger partial charge >= 0.3 is 0 Å². The Bertz CT molecular complexity index is 372. The third kappa shape index (κ3) is 3.04. The number of nitrogens with zero attached hydrogens (tertiary/aromatic N) is 2. The highest BCUT2D eigenvalue weighted by molar-refractivity contribution is 7.13. The van der Waals surface area contributed by atoms with Crippen molar-refractivity contribution in [1.82, 2.24) is 4.98 Å². The molecule has 4 nitrogen and oxygen atoms in total. The number of amides is 1. The second-order valence-electron chi connectivity index (χ2n) is 4.73. The Morgan fingerprint density at radius 1 is 1.53 bits per heavy atom. The predicted octanol–water partition coefficient (Wildman–Crippen LogP) is 2.19. The highest BCUT2D eigenvalue weighted by Gasteiger charge is 2.33. The monoisotopic (exact) mass is 254 g/mol. The number of hydrogen-bond donors (Lipinski definition) is 1. The van der Waals surface area contributed by atoms with E-state index < -0.39 is 5.60 Å². The summed E-state index contributed by atoms with van der Waals surface area (Å²) in [5.41, 5.74) is -0.791. The fraction of sp³-hybridized carbons (Fsp3) is 0.667. The molecule has 1 aromatic heterocycles. The Morgan fingerprint density at radius 3 is 2.82 bits per heavy atom. The lowest BCUT2D eigenvalue weighted by molar-refractivity contribution is -0.124. The van der Waals surface area contributed by atoms with Crippen molar-refractivity contribution in [2.24, 2.45) is 0 Å². The lowest BCUT2D eigenvalue weighted by atomic mass is 9.82. The van der Waals surface area contributed by atoms with Crippen LogP contribution in [0.5, 0.6) is 0 Å². The quantitative estimate of drug-likeness (QED) is 0.899. The first-order valence-electron chi connectivity index (χ1n) is 5.99. The van der Waals surface area contributed by atoms with E-state index in [9.17, 15) is 9.90 Å². The van der Waals surface area contributed by atoms with Gasteiger partial charge in [-0.1, -0.05) is 19.3 Å². The van der Waals surface area contributed by atoms with Crippen LogP contribution in [0.4, 0.5) is 5.13 Å². The molecule has 94 valence electrons. The van der Waals surface area contributed by atoms with Gasteiger partial charge < -0.3 is 5.11 Å². The molecule has 17 heavy (non-hydrogen) atoms. The summed E-state index contributed by atoms with van der Waals surface area (Å²) < 4.78 is 0. The smallest absolute Gasteiger partial charge is 0.231 e. The summed E-state index contributed by atoms with van der Waals surface area (Å²) in [7, 11) is 1.72. The van der Waals surface area contributed by atoms with Crippen molar-refractivity contribution >= 4 is 22.4 Å². The van der Waals surface area contributed by atoms with Crippen molar-refractivity contribution in [3.8, 4) is 0 Å². The maximum atomic E-state index is 12.0. The Kier molecular flexibility index (Phi) is 3.79. The first-order valence-corrected chi connectivity index (χ1v) is 6.87. The Labute approximate surface area is 105 Å². The summed E-state index contributed by atoms with van der Waals surface area (Å²) >= 11 is 1.43. The summed E-state index contributed by atoms with van der Waals surface area (Å²) in [5.74, 6) is -0.0515. The normalized spacial score (nSPS) is 18.9. The van der Waals surface area contributed by atoms with E-state index in [1.165, 1.54) is 22.7 Å². The molecule has 1 amide bonds. The topological polar surface area (TPSA) is 53.4 Å². The van der Waals surface area contributed by atoms with Gasteiger partial charge in [0.2, 0.25) is 5.91 Å². The van der Waals surface area contributed by atoms with E-state index in [1.54, 1.807) is 13.2 Å². The third-order valence-electron chi connectivity index (χ3n) is 3.34. The zero-order valence-corrected chi connectivity index (χ0v) is 10.9. The van der Waals surface area contributed by atoms with E-state index >= 15 is 0 Å². The maximum absolute atomic E-state index is 12.0. The molecule has 0 spiro atoms. The number of hydrogen-bond acceptors (Lipinski definition) is 4. The van der Waals surface area contributed by atoms with Crippen LogP contribution in [-0.2, 0) is 4.79 Å². The van der Waals surface area contributed by atoms with Crippen LogP contribution in [0.15, 0.2) is 11.6 Å². The molecule has 1 heterocycles. The lowest BCUT2D eigenvalue weighted by Gasteiger charge is -2.32. The molecule has 0 aliphatic heterocycles. The van der Waals surface area contributed by atoms with E-state index in [4.69, 9.17) is 0 Å². The van der Waals surface area contributed by atoms with E-state index in [-0.39, 0.29) is 12.3 Å². The largest absolute Gasteiger partial charge is 0.389 e. The molecule has 1 aliphatic rings. The van der Waals surface area contributed by atoms with Gasteiger partial charge in [-0.05, 0) is 12.8 Å². The van der Waals surface area contributed by atoms with Crippen molar-refractivity contribution in [3.63, 3.8) is 0 Å². The van der Waals surface area contributed by atoms with Gasteiger partial charge in [-0.15, -0.1) is 11.3 Å². The first-order chi connectivity index (χ1) is 8.11. The van der Waals surface area contributed by atoms with Gasteiger partial charge in [-0.2, -0.15) is 0 Å². The molecule has 1 N–H and O–H groups in total. The minimum Gasteiger partial charge on any atom is -0.389 e. The van der Waals surface area contributed by atoms with Gasteiger partial charge in [0.1, 0.15) is 0 Å². The second kappa shape index (κ2) is 5.14. The molecule has 1 saturated carbocycles. The van der Waals surface area contributed by atoms with E-state index in [0.717, 1.165) is 25.7 Å². The molecule has 0 saturated heterocycles. The Morgan fingerprint density at radius 2 is 2.24 bits per heavy atom. The molecule has 0 atom stereocenters. The summed E-state index contributed by atoms with van der Waals surface area (Å²) in [6.45, 7) is 0. The van der Waals surface area contributed by atoms with Crippen molar-refractivity contribution in [2.45, 2.75) is 44.1 Å². The van der Waals surface area contributed by atoms with Crippen molar-refractivity contribution < 1.29 is 9.90 Å². The van der Waals surface area contributed by atoms with Crippen LogP contribution in [0.3, 0.4) is 0 Å². The zero-order chi connectivity index (χ0) is 12.3. The van der Waals surface area contributed by atoms with Crippen LogP contribution >= 0.6 is 11.3 Å². The number of carbonyl (C=O) groups is 1. The number of aromatic nitrogens is 1. The maximum Gasteiger partial charge on any atom is 0.231 e. The van der Waals surface area contributed by atoms with Crippen LogP contribution in [-0.4, -0.2) is 28.6 Å². The van der Waals surface area contributed by atoms with Crippen molar-refractivity contribution in [2.75, 3.05) is 11.9 Å². The summed E-state index contributed by atoms with van der Waals surface area (Å²) in [5, 5.41) is 12.9. The fourth-order valence-electron chi connectivity index (χ4n) is 2.27. The second-order valence-corrected chi connectivity index (χ2v) is 5.60. The molecule has 1 aliphatic carbocycles. The average molecular weight is 254 g/mol. The summed E-state index contributed by atoms with van der Waals surface area (Å²) in [6.07, 6.45) is 6.57. The molecule has 0 bridgehead atoms. The van der Waals surface area contributed by atoms with E-state index in [2.05, 4.69) is 4.98 Å². The molecule has 0 aromatic carbocycles. The fourth-order valence-corrected chi connectivity index (χ4v) is 2.90. The third-order valence-corrected chi connectivity index (χ3v) is 4.19. The van der Waals surface area contributed by atoms with E-state index in [0.29, 0.717) is 5.13 Å². The van der Waals surface area contributed by atoms with Crippen molar-refractivity contribution in [1.29, 1.82) is 0 Å².